The Balaban J connectivity index is 1.95. The van der Waals surface area contributed by atoms with E-state index in [4.69, 9.17) is 11.6 Å². The van der Waals surface area contributed by atoms with Gasteiger partial charge in [0.05, 0.1) is 10.9 Å². The quantitative estimate of drug-likeness (QED) is 0.765. The molecule has 24 heavy (non-hydrogen) atoms. The maximum Gasteiger partial charge on any atom is 0.260 e. The summed E-state index contributed by atoms with van der Waals surface area (Å²) in [7, 11) is 0. The summed E-state index contributed by atoms with van der Waals surface area (Å²) < 4.78 is 2.46. The van der Waals surface area contributed by atoms with E-state index >= 15 is 0 Å². The van der Waals surface area contributed by atoms with E-state index in [2.05, 4.69) is 5.32 Å². The lowest BCUT2D eigenvalue weighted by atomic mass is 10.1. The van der Waals surface area contributed by atoms with Crippen molar-refractivity contribution in [3.05, 3.63) is 67.9 Å². The molecule has 1 N–H and O–H groups in total. The minimum atomic E-state index is -0.232. The third-order valence-corrected chi connectivity index (χ3v) is 5.21. The van der Waals surface area contributed by atoms with E-state index in [9.17, 15) is 9.59 Å². The number of carbonyl (C=O) groups excluding carboxylic acids is 1. The van der Waals surface area contributed by atoms with E-state index in [1.165, 1.54) is 11.3 Å². The molecule has 0 bridgehead atoms. The maximum absolute atomic E-state index is 12.7. The first-order valence-electron chi connectivity index (χ1n) is 7.66. The van der Waals surface area contributed by atoms with E-state index in [0.717, 1.165) is 15.1 Å². The van der Waals surface area contributed by atoms with Gasteiger partial charge in [0, 0.05) is 33.9 Å². The van der Waals surface area contributed by atoms with Crippen LogP contribution in [0.2, 0.25) is 5.02 Å². The smallest absolute Gasteiger partial charge is 0.260 e. The number of pyridine rings is 1. The topological polar surface area (TPSA) is 51.1 Å². The summed E-state index contributed by atoms with van der Waals surface area (Å²) in [6, 6.07) is 9.23. The van der Waals surface area contributed by atoms with Crippen LogP contribution in [0.1, 0.15) is 27.7 Å². The number of halogens is 1. The Kier molecular flexibility index (Phi) is 4.73. The van der Waals surface area contributed by atoms with Crippen LogP contribution < -0.4 is 10.9 Å². The number of benzene rings is 1. The summed E-state index contributed by atoms with van der Waals surface area (Å²) in [4.78, 5) is 26.1. The normalized spacial score (nSPS) is 11.0. The molecule has 3 rings (SSSR count). The number of nitrogens with one attached hydrogen (secondary N) is 1. The van der Waals surface area contributed by atoms with Gasteiger partial charge in [-0.1, -0.05) is 23.7 Å². The fraction of sp³-hybridized carbons (Fsp3) is 0.222. The maximum atomic E-state index is 12.7. The average Bonchev–Trinajstić information content (AvgIpc) is 2.90. The number of thiophene rings is 1. The Hall–Kier alpha value is -2.11. The van der Waals surface area contributed by atoms with Gasteiger partial charge < -0.3 is 9.88 Å². The first kappa shape index (κ1) is 16.7. The SMILES string of the molecule is CCn1ccc2sc(C)c(C(=O)NCc3cccc(Cl)c3)c2c1=O. The van der Waals surface area contributed by atoms with E-state index < -0.39 is 0 Å². The minimum absolute atomic E-state index is 0.118. The van der Waals surface area contributed by atoms with Gasteiger partial charge in [-0.15, -0.1) is 11.3 Å². The first-order chi connectivity index (χ1) is 11.5. The number of aryl methyl sites for hydroxylation is 2. The molecule has 2 heterocycles. The van der Waals surface area contributed by atoms with Crippen molar-refractivity contribution in [3.63, 3.8) is 0 Å². The zero-order valence-corrected chi connectivity index (χ0v) is 15.0. The fourth-order valence-electron chi connectivity index (χ4n) is 2.70. The number of carbonyl (C=O) groups is 1. The molecule has 3 aromatic rings. The zero-order valence-electron chi connectivity index (χ0n) is 13.4. The number of rotatable bonds is 4. The highest BCUT2D eigenvalue weighted by atomic mass is 35.5. The molecular weight excluding hydrogens is 344 g/mol. The van der Waals surface area contributed by atoms with Crippen molar-refractivity contribution in [1.82, 2.24) is 9.88 Å². The molecular formula is C18H17ClN2O2S. The van der Waals surface area contributed by atoms with Gasteiger partial charge in [-0.05, 0) is 37.6 Å². The molecule has 0 atom stereocenters. The molecule has 1 amide bonds. The average molecular weight is 361 g/mol. The second-order valence-electron chi connectivity index (χ2n) is 5.49. The number of nitrogens with zero attached hydrogens (tertiary/aromatic N) is 1. The largest absolute Gasteiger partial charge is 0.348 e. The Morgan fingerprint density at radius 2 is 2.12 bits per heavy atom. The van der Waals surface area contributed by atoms with Gasteiger partial charge in [-0.2, -0.15) is 0 Å². The summed E-state index contributed by atoms with van der Waals surface area (Å²) in [6.45, 7) is 4.72. The molecule has 1 aromatic carbocycles. The van der Waals surface area contributed by atoms with Crippen LogP contribution in [0, 0.1) is 6.92 Å². The summed E-state index contributed by atoms with van der Waals surface area (Å²) in [5.74, 6) is -0.232. The summed E-state index contributed by atoms with van der Waals surface area (Å²) in [5.41, 5.74) is 1.27. The van der Waals surface area contributed by atoms with E-state index in [1.54, 1.807) is 16.8 Å². The van der Waals surface area contributed by atoms with Crippen LogP contribution in [0.5, 0.6) is 0 Å². The summed E-state index contributed by atoms with van der Waals surface area (Å²) >= 11 is 7.43. The van der Waals surface area contributed by atoms with Gasteiger partial charge in [0.2, 0.25) is 0 Å². The van der Waals surface area contributed by atoms with Crippen LogP contribution in [-0.4, -0.2) is 10.5 Å². The molecule has 0 spiro atoms. The van der Waals surface area contributed by atoms with E-state index in [-0.39, 0.29) is 11.5 Å². The highest BCUT2D eigenvalue weighted by Crippen LogP contribution is 2.28. The van der Waals surface area contributed by atoms with Crippen molar-refractivity contribution in [3.8, 4) is 0 Å². The van der Waals surface area contributed by atoms with Crippen LogP contribution in [0.4, 0.5) is 0 Å². The van der Waals surface area contributed by atoms with Gasteiger partial charge in [-0.25, -0.2) is 0 Å². The second kappa shape index (κ2) is 6.79. The Morgan fingerprint density at radius 3 is 2.83 bits per heavy atom. The van der Waals surface area contributed by atoms with E-state index in [0.29, 0.717) is 29.1 Å². The molecule has 0 aliphatic rings. The Morgan fingerprint density at radius 1 is 1.33 bits per heavy atom. The molecule has 0 saturated heterocycles. The van der Waals surface area contributed by atoms with Crippen LogP contribution >= 0.6 is 22.9 Å². The summed E-state index contributed by atoms with van der Waals surface area (Å²) in [6.07, 6.45) is 1.77. The first-order valence-corrected chi connectivity index (χ1v) is 8.86. The monoisotopic (exact) mass is 360 g/mol. The van der Waals surface area contributed by atoms with Gasteiger partial charge in [0.15, 0.2) is 0 Å². The fourth-order valence-corrected chi connectivity index (χ4v) is 3.96. The second-order valence-corrected chi connectivity index (χ2v) is 7.18. The molecule has 0 aliphatic heterocycles. The molecule has 6 heteroatoms. The predicted molar refractivity (Wildman–Crippen MR) is 99.1 cm³/mol. The predicted octanol–water partition coefficient (Wildman–Crippen LogP) is 3.97. The number of aromatic nitrogens is 1. The van der Waals surface area contributed by atoms with Gasteiger partial charge in [0.1, 0.15) is 0 Å². The molecule has 0 aliphatic carbocycles. The van der Waals surface area contributed by atoms with Crippen LogP contribution in [0.25, 0.3) is 10.1 Å². The number of hydrogen-bond donors (Lipinski definition) is 1. The standard InChI is InChI=1S/C18H17ClN2O2S/c1-3-21-8-7-14-16(18(21)23)15(11(2)24-14)17(22)20-10-12-5-4-6-13(19)9-12/h4-9H,3,10H2,1-2H3,(H,20,22). The van der Waals surface area contributed by atoms with Crippen molar-refractivity contribution < 1.29 is 4.79 Å². The molecule has 124 valence electrons. The molecule has 0 unspecified atom stereocenters. The third-order valence-electron chi connectivity index (χ3n) is 3.90. The molecule has 0 fully saturated rings. The summed E-state index contributed by atoms with van der Waals surface area (Å²) in [5, 5.41) is 4.02. The lowest BCUT2D eigenvalue weighted by Crippen LogP contribution is -2.26. The Labute approximate surface area is 148 Å². The zero-order chi connectivity index (χ0) is 17.3. The van der Waals surface area contributed by atoms with E-state index in [1.807, 2.05) is 38.1 Å². The molecule has 2 aromatic heterocycles. The van der Waals surface area contributed by atoms with Gasteiger partial charge in [-0.3, -0.25) is 9.59 Å². The van der Waals surface area contributed by atoms with Crippen molar-refractivity contribution >= 4 is 38.9 Å². The third kappa shape index (κ3) is 3.09. The lowest BCUT2D eigenvalue weighted by molar-refractivity contribution is 0.0952. The van der Waals surface area contributed by atoms with Crippen LogP contribution in [0.3, 0.4) is 0 Å². The van der Waals surface area contributed by atoms with Crippen molar-refractivity contribution in [1.29, 1.82) is 0 Å². The van der Waals surface area contributed by atoms with Gasteiger partial charge in [0.25, 0.3) is 11.5 Å². The number of amides is 1. The highest BCUT2D eigenvalue weighted by Gasteiger charge is 2.19. The molecule has 4 nitrogen and oxygen atoms in total. The highest BCUT2D eigenvalue weighted by molar-refractivity contribution is 7.19. The van der Waals surface area contributed by atoms with Gasteiger partial charge >= 0.3 is 0 Å². The van der Waals surface area contributed by atoms with Crippen molar-refractivity contribution in [2.24, 2.45) is 0 Å². The molecule has 0 saturated carbocycles. The number of hydrogen-bond acceptors (Lipinski definition) is 3. The molecule has 0 radical (unpaired) electrons. The lowest BCUT2D eigenvalue weighted by Gasteiger charge is -2.07. The van der Waals surface area contributed by atoms with Crippen LogP contribution in [0.15, 0.2) is 41.3 Å². The van der Waals surface area contributed by atoms with Crippen molar-refractivity contribution in [2.45, 2.75) is 26.9 Å². The Bertz CT molecular complexity index is 975. The minimum Gasteiger partial charge on any atom is -0.348 e. The van der Waals surface area contributed by atoms with Crippen LogP contribution in [-0.2, 0) is 13.1 Å². The van der Waals surface area contributed by atoms with Crippen molar-refractivity contribution in [2.75, 3.05) is 0 Å². The number of fused-ring (bicyclic) bond motifs is 1.